The lowest BCUT2D eigenvalue weighted by molar-refractivity contribution is -0.156. The number of carbonyl (C=O) groups excluding carboxylic acids is 2. The first-order valence-corrected chi connectivity index (χ1v) is 14.1. The molecule has 0 aromatic carbocycles. The summed E-state index contributed by atoms with van der Waals surface area (Å²) in [6, 6.07) is 0. The third kappa shape index (κ3) is 12.6. The highest BCUT2D eigenvalue weighted by Crippen LogP contribution is 2.34. The molecule has 1 rings (SSSR count). The van der Waals surface area contributed by atoms with Crippen molar-refractivity contribution in [1.29, 1.82) is 0 Å². The van der Waals surface area contributed by atoms with Gasteiger partial charge in [-0.15, -0.1) is 0 Å². The van der Waals surface area contributed by atoms with E-state index in [-0.39, 0.29) is 34.6 Å². The number of unbranched alkanes of at least 4 members (excludes halogenated alkanes) is 1. The lowest BCUT2D eigenvalue weighted by atomic mass is 9.87. The molecule has 2 atom stereocenters. The fraction of sp³-hybridized carbons (Fsp3) is 0.719. The number of allylic oxidation sites excluding steroid dienone is 5. The Morgan fingerprint density at radius 2 is 1.63 bits per heavy atom. The van der Waals surface area contributed by atoms with Gasteiger partial charge in [0.05, 0.1) is 12.2 Å². The first-order chi connectivity index (χ1) is 17.4. The minimum atomic E-state index is -0.495. The molecule has 1 aliphatic rings. The zero-order valence-electron chi connectivity index (χ0n) is 26.1. The minimum Gasteiger partial charge on any atom is -0.460 e. The van der Waals surface area contributed by atoms with E-state index in [1.165, 1.54) is 0 Å². The summed E-state index contributed by atoms with van der Waals surface area (Å²) in [5.74, 6) is 1.69. The van der Waals surface area contributed by atoms with Gasteiger partial charge in [-0.25, -0.2) is 4.99 Å². The van der Waals surface area contributed by atoms with Crippen LogP contribution in [-0.4, -0.2) is 35.3 Å². The van der Waals surface area contributed by atoms with Gasteiger partial charge >= 0.3 is 5.97 Å². The van der Waals surface area contributed by atoms with Gasteiger partial charge in [-0.2, -0.15) is 0 Å². The van der Waals surface area contributed by atoms with E-state index >= 15 is 0 Å². The molecule has 0 radical (unpaired) electrons. The van der Waals surface area contributed by atoms with Gasteiger partial charge in [0.2, 0.25) is 0 Å². The Balaban J connectivity index is 2.79. The van der Waals surface area contributed by atoms with E-state index in [9.17, 15) is 9.59 Å². The van der Waals surface area contributed by atoms with Crippen LogP contribution in [0, 0.1) is 17.3 Å². The maximum atomic E-state index is 13.0. The van der Waals surface area contributed by atoms with Gasteiger partial charge in [0.1, 0.15) is 28.5 Å². The molecule has 1 heterocycles. The van der Waals surface area contributed by atoms with Crippen LogP contribution in [0.5, 0.6) is 0 Å². The van der Waals surface area contributed by atoms with Crippen LogP contribution in [0.3, 0.4) is 0 Å². The predicted molar refractivity (Wildman–Crippen MR) is 156 cm³/mol. The average Bonchev–Trinajstić information content (AvgIpc) is 3.18. The third-order valence-corrected chi connectivity index (χ3v) is 6.21. The van der Waals surface area contributed by atoms with E-state index < -0.39 is 5.60 Å². The smallest absolute Gasteiger partial charge is 0.306 e. The van der Waals surface area contributed by atoms with Gasteiger partial charge in [-0.1, -0.05) is 40.2 Å². The molecular weight excluding hydrogens is 478 g/mol. The summed E-state index contributed by atoms with van der Waals surface area (Å²) < 4.78 is 17.6. The molecule has 0 aliphatic carbocycles. The molecule has 0 aromatic rings. The van der Waals surface area contributed by atoms with Crippen molar-refractivity contribution in [3.63, 3.8) is 0 Å². The van der Waals surface area contributed by atoms with E-state index in [0.717, 1.165) is 25.0 Å². The number of carbonyl (C=O) groups is 2. The van der Waals surface area contributed by atoms with Crippen molar-refractivity contribution in [3.05, 3.63) is 35.4 Å². The second-order valence-electron chi connectivity index (χ2n) is 13.3. The standard InChI is InChI=1S/C32H53NO5/c1-13-24(33-25-20-28(30(4,5)6)37-27(25)14-2)26(34)18-16-15-17-23(21-36-31(7,8)9)22(3)19-29(35)38-32(10,11)12/h13-14,20,22-23H,15-19,21H2,1-12H3/b24-13-,27-14+,33-25-. The van der Waals surface area contributed by atoms with Crippen LogP contribution < -0.4 is 0 Å². The van der Waals surface area contributed by atoms with Crippen molar-refractivity contribution in [2.45, 2.75) is 126 Å². The minimum absolute atomic E-state index is 0.0253. The van der Waals surface area contributed by atoms with E-state index in [1.807, 2.05) is 67.5 Å². The van der Waals surface area contributed by atoms with Crippen LogP contribution in [-0.2, 0) is 23.8 Å². The number of rotatable bonds is 12. The zero-order chi connectivity index (χ0) is 29.3. The molecule has 0 bridgehead atoms. The Labute approximate surface area is 232 Å². The molecule has 0 amide bonds. The van der Waals surface area contributed by atoms with Crippen LogP contribution in [0.2, 0.25) is 0 Å². The lowest BCUT2D eigenvalue weighted by Crippen LogP contribution is -2.30. The van der Waals surface area contributed by atoms with Crippen molar-refractivity contribution in [1.82, 2.24) is 0 Å². The molecular formula is C32H53NO5. The largest absolute Gasteiger partial charge is 0.460 e. The highest BCUT2D eigenvalue weighted by molar-refractivity contribution is 6.11. The van der Waals surface area contributed by atoms with Crippen molar-refractivity contribution in [2.75, 3.05) is 6.61 Å². The van der Waals surface area contributed by atoms with Gasteiger partial charge in [0.25, 0.3) is 0 Å². The highest BCUT2D eigenvalue weighted by atomic mass is 16.6. The molecule has 0 saturated heterocycles. The molecule has 1 aliphatic heterocycles. The summed E-state index contributed by atoms with van der Waals surface area (Å²) >= 11 is 0. The maximum Gasteiger partial charge on any atom is 0.306 e. The summed E-state index contributed by atoms with van der Waals surface area (Å²) in [7, 11) is 0. The first-order valence-electron chi connectivity index (χ1n) is 14.1. The van der Waals surface area contributed by atoms with Crippen LogP contribution in [0.15, 0.2) is 40.4 Å². The Morgan fingerprint density at radius 3 is 2.13 bits per heavy atom. The second-order valence-corrected chi connectivity index (χ2v) is 13.3. The van der Waals surface area contributed by atoms with E-state index in [4.69, 9.17) is 14.2 Å². The number of nitrogens with zero attached hydrogens (tertiary/aromatic N) is 1. The van der Waals surface area contributed by atoms with Crippen LogP contribution in [0.4, 0.5) is 0 Å². The molecule has 0 N–H and O–H groups in total. The molecule has 216 valence electrons. The normalized spacial score (nSPS) is 18.8. The Kier molecular flexibility index (Phi) is 12.7. The molecule has 0 spiro atoms. The third-order valence-electron chi connectivity index (χ3n) is 6.21. The predicted octanol–water partition coefficient (Wildman–Crippen LogP) is 8.12. The van der Waals surface area contributed by atoms with Crippen LogP contribution in [0.1, 0.15) is 115 Å². The molecule has 2 unspecified atom stereocenters. The van der Waals surface area contributed by atoms with Crippen molar-refractivity contribution in [3.8, 4) is 0 Å². The zero-order valence-corrected chi connectivity index (χ0v) is 26.1. The number of hydrogen-bond donors (Lipinski definition) is 0. The SMILES string of the molecule is C\C=C(/N=C1/C=C(C(C)(C)C)O/C1=C/C)C(=O)CCCCC(COC(C)(C)C)C(C)CC(=O)OC(C)(C)C. The molecule has 6 nitrogen and oxygen atoms in total. The van der Waals surface area contributed by atoms with Crippen molar-refractivity contribution < 1.29 is 23.8 Å². The van der Waals surface area contributed by atoms with Crippen molar-refractivity contribution >= 4 is 17.5 Å². The number of aliphatic imine (C=N–C) groups is 1. The van der Waals surface area contributed by atoms with Crippen LogP contribution in [0.25, 0.3) is 0 Å². The summed E-state index contributed by atoms with van der Waals surface area (Å²) in [6.07, 6.45) is 8.85. The van der Waals surface area contributed by atoms with Gasteiger partial charge in [0.15, 0.2) is 5.78 Å². The van der Waals surface area contributed by atoms with E-state index in [0.29, 0.717) is 36.6 Å². The quantitative estimate of drug-likeness (QED) is 0.144. The molecule has 38 heavy (non-hydrogen) atoms. The van der Waals surface area contributed by atoms with E-state index in [1.54, 1.807) is 6.08 Å². The van der Waals surface area contributed by atoms with E-state index in [2.05, 4.69) is 32.7 Å². The summed E-state index contributed by atoms with van der Waals surface area (Å²) in [5, 5.41) is 0. The van der Waals surface area contributed by atoms with Gasteiger partial charge in [-0.3, -0.25) is 9.59 Å². The topological polar surface area (TPSA) is 74.2 Å². The fourth-order valence-corrected chi connectivity index (χ4v) is 4.00. The summed E-state index contributed by atoms with van der Waals surface area (Å²) in [6.45, 7) is 24.4. The molecule has 0 saturated carbocycles. The van der Waals surface area contributed by atoms with Crippen LogP contribution >= 0.6 is 0 Å². The van der Waals surface area contributed by atoms with Gasteiger partial charge in [0, 0.05) is 24.3 Å². The Hall–Kier alpha value is -2.21. The fourth-order valence-electron chi connectivity index (χ4n) is 4.00. The lowest BCUT2D eigenvalue weighted by Gasteiger charge is -2.29. The number of ether oxygens (including phenoxy) is 3. The molecule has 0 fully saturated rings. The monoisotopic (exact) mass is 531 g/mol. The second kappa shape index (κ2) is 14.3. The maximum absolute atomic E-state index is 13.0. The average molecular weight is 532 g/mol. The van der Waals surface area contributed by atoms with Crippen molar-refractivity contribution in [2.24, 2.45) is 22.2 Å². The highest BCUT2D eigenvalue weighted by Gasteiger charge is 2.28. The number of Topliss-reactive ketones (excluding diaryl/α,β-unsaturated/α-hetero) is 1. The summed E-state index contributed by atoms with van der Waals surface area (Å²) in [5.41, 5.74) is 0.260. The molecule has 0 aromatic heterocycles. The Morgan fingerprint density at radius 1 is 1.00 bits per heavy atom. The number of ketones is 1. The molecule has 6 heteroatoms. The van der Waals surface area contributed by atoms with Gasteiger partial charge < -0.3 is 14.2 Å². The number of hydrogen-bond acceptors (Lipinski definition) is 6. The summed E-state index contributed by atoms with van der Waals surface area (Å²) in [4.78, 5) is 30.1. The van der Waals surface area contributed by atoms with Gasteiger partial charge in [-0.05, 0) is 86.1 Å². The first kappa shape index (κ1) is 33.8. The number of esters is 1. The Bertz CT molecular complexity index is 932.